The fraction of sp³-hybridized carbons (Fsp3) is 0.121. The van der Waals surface area contributed by atoms with Gasteiger partial charge in [0.05, 0.1) is 36.0 Å². The maximum Gasteiger partial charge on any atom is 0.416 e. The van der Waals surface area contributed by atoms with E-state index in [1.54, 1.807) is 48.5 Å². The number of hydrogen-bond donors (Lipinski definition) is 0. The molecule has 8 nitrogen and oxygen atoms in total. The number of ether oxygens (including phenoxy) is 1. The standard InChI is InChI=1S/C33H22BrF6N6O2/c1-48-28(47)16-19-2-4-21(5-3-19)30-44-31(46(45-30)25-13-8-22(9-14-25)32(35,36)37)26-17-23(33(38,39)40)10-15-27(26)42-18-43-29(41)20-6-11-24(34)12-7-20/h2-15,17-18H,16H2,1H3,(H-,41,42,43,44,45)/q-1. The Morgan fingerprint density at radius 1 is 0.896 bits per heavy atom. The van der Waals surface area contributed by atoms with Crippen LogP contribution in [-0.2, 0) is 28.3 Å². The topological polar surface area (TPSA) is 106 Å². The predicted molar refractivity (Wildman–Crippen MR) is 171 cm³/mol. The number of nitrogens with one attached hydrogen (secondary N) is 1. The van der Waals surface area contributed by atoms with Gasteiger partial charge in [0.15, 0.2) is 11.6 Å². The minimum absolute atomic E-state index is 0.00854. The van der Waals surface area contributed by atoms with Crippen molar-refractivity contribution < 1.29 is 35.9 Å². The number of amidine groups is 1. The largest absolute Gasteiger partial charge is 0.482 e. The zero-order valence-corrected chi connectivity index (χ0v) is 26.2. The van der Waals surface area contributed by atoms with Crippen molar-refractivity contribution in [3.63, 3.8) is 0 Å². The van der Waals surface area contributed by atoms with E-state index in [1.807, 2.05) is 0 Å². The van der Waals surface area contributed by atoms with Crippen molar-refractivity contribution in [1.29, 1.82) is 0 Å². The third-order valence-corrected chi connectivity index (χ3v) is 7.43. The molecule has 246 valence electrons. The molecule has 0 saturated carbocycles. The summed E-state index contributed by atoms with van der Waals surface area (Å²) in [6, 6.07) is 19.7. The number of esters is 1. The summed E-state index contributed by atoms with van der Waals surface area (Å²) in [6.07, 6.45) is -8.39. The number of halogens is 7. The number of carbonyl (C=O) groups excluding carboxylic acids is 1. The van der Waals surface area contributed by atoms with Crippen LogP contribution in [0, 0.1) is 0 Å². The normalized spacial score (nSPS) is 12.5. The Morgan fingerprint density at radius 3 is 2.12 bits per heavy atom. The van der Waals surface area contributed by atoms with Gasteiger partial charge in [0, 0.05) is 21.9 Å². The number of rotatable bonds is 8. The first kappa shape index (κ1) is 34.0. The molecule has 15 heteroatoms. The van der Waals surface area contributed by atoms with E-state index < -0.39 is 29.4 Å². The third-order valence-electron chi connectivity index (χ3n) is 6.90. The summed E-state index contributed by atoms with van der Waals surface area (Å²) < 4.78 is 88.3. The van der Waals surface area contributed by atoms with Crippen LogP contribution in [0.3, 0.4) is 0 Å². The first-order chi connectivity index (χ1) is 22.7. The Balaban J connectivity index is 1.65. The second-order valence-corrected chi connectivity index (χ2v) is 11.0. The van der Waals surface area contributed by atoms with Gasteiger partial charge >= 0.3 is 18.3 Å². The Bertz CT molecular complexity index is 1990. The van der Waals surface area contributed by atoms with Crippen LogP contribution in [0.15, 0.2) is 105 Å². The summed E-state index contributed by atoms with van der Waals surface area (Å²) in [7, 11) is 1.25. The third kappa shape index (κ3) is 7.97. The molecule has 1 aromatic heterocycles. The molecule has 0 atom stereocenters. The number of benzene rings is 4. The quantitative estimate of drug-likeness (QED) is 0.0688. The van der Waals surface area contributed by atoms with E-state index in [0.717, 1.165) is 58.0 Å². The highest BCUT2D eigenvalue weighted by Gasteiger charge is 2.33. The molecule has 0 aliphatic rings. The van der Waals surface area contributed by atoms with Crippen LogP contribution in [0.1, 0.15) is 22.3 Å². The van der Waals surface area contributed by atoms with Crippen molar-refractivity contribution >= 4 is 39.8 Å². The predicted octanol–water partition coefficient (Wildman–Crippen LogP) is 9.28. The molecule has 5 aromatic rings. The molecule has 0 aliphatic heterocycles. The average Bonchev–Trinajstić information content (AvgIpc) is 3.50. The van der Waals surface area contributed by atoms with Crippen molar-refractivity contribution in [3.05, 3.63) is 123 Å². The summed E-state index contributed by atoms with van der Waals surface area (Å²) in [5, 5.41) is 4.45. The molecular weight excluding hydrogens is 706 g/mol. The lowest BCUT2D eigenvalue weighted by Gasteiger charge is -2.13. The number of nitrogens with zero attached hydrogens (tertiary/aromatic N) is 5. The van der Waals surface area contributed by atoms with Crippen LogP contribution in [-0.4, -0.2) is 40.0 Å². The first-order valence-electron chi connectivity index (χ1n) is 13.8. The molecule has 4 aromatic carbocycles. The van der Waals surface area contributed by atoms with E-state index in [1.165, 1.54) is 7.11 Å². The van der Waals surface area contributed by atoms with Gasteiger partial charge in [0.1, 0.15) is 0 Å². The molecule has 48 heavy (non-hydrogen) atoms. The molecule has 0 bridgehead atoms. The van der Waals surface area contributed by atoms with Crippen LogP contribution in [0.2, 0.25) is 0 Å². The van der Waals surface area contributed by atoms with E-state index >= 15 is 0 Å². The minimum atomic E-state index is -4.76. The summed E-state index contributed by atoms with van der Waals surface area (Å²) in [5.41, 5.74) is 7.61. The Labute approximate surface area is 277 Å². The van der Waals surface area contributed by atoms with Crippen LogP contribution in [0.5, 0.6) is 0 Å². The van der Waals surface area contributed by atoms with Gasteiger partial charge in [0.2, 0.25) is 0 Å². The van der Waals surface area contributed by atoms with Crippen LogP contribution in [0.4, 0.5) is 32.0 Å². The summed E-state index contributed by atoms with van der Waals surface area (Å²) in [4.78, 5) is 24.4. The molecule has 0 radical (unpaired) electrons. The minimum Gasteiger partial charge on any atom is -0.482 e. The van der Waals surface area contributed by atoms with Gasteiger partial charge in [-0.2, -0.15) is 26.3 Å². The van der Waals surface area contributed by atoms with Gasteiger partial charge in [-0.25, -0.2) is 9.67 Å². The van der Waals surface area contributed by atoms with E-state index in [9.17, 15) is 31.1 Å². The monoisotopic (exact) mass is 727 g/mol. The fourth-order valence-electron chi connectivity index (χ4n) is 4.43. The van der Waals surface area contributed by atoms with Crippen molar-refractivity contribution in [3.8, 4) is 28.5 Å². The summed E-state index contributed by atoms with van der Waals surface area (Å²) in [5.74, 6) is -0.759. The second kappa shape index (κ2) is 13.8. The zero-order valence-electron chi connectivity index (χ0n) is 24.6. The average molecular weight is 728 g/mol. The Kier molecular flexibility index (Phi) is 9.79. The van der Waals surface area contributed by atoms with Crippen molar-refractivity contribution in [2.24, 2.45) is 9.98 Å². The maximum atomic E-state index is 13.9. The molecule has 1 N–H and O–H groups in total. The molecule has 0 saturated heterocycles. The van der Waals surface area contributed by atoms with Crippen molar-refractivity contribution in [2.45, 2.75) is 18.8 Å². The van der Waals surface area contributed by atoms with Gasteiger partial charge in [-0.3, -0.25) is 9.79 Å². The molecular formula is C33H22BrF6N6O2-. The molecule has 0 unspecified atom stereocenters. The lowest BCUT2D eigenvalue weighted by atomic mass is 10.1. The van der Waals surface area contributed by atoms with E-state index in [0.29, 0.717) is 16.7 Å². The highest BCUT2D eigenvalue weighted by molar-refractivity contribution is 9.10. The van der Waals surface area contributed by atoms with Gasteiger partial charge in [-0.15, -0.1) is 5.10 Å². The maximum absolute atomic E-state index is 13.9. The second-order valence-electron chi connectivity index (χ2n) is 10.1. The van der Waals surface area contributed by atoms with Crippen LogP contribution < -0.4 is 0 Å². The van der Waals surface area contributed by atoms with Crippen LogP contribution >= 0.6 is 15.9 Å². The number of aliphatic imine (C=N–C) groups is 2. The molecule has 0 amide bonds. The Hall–Kier alpha value is -5.31. The Morgan fingerprint density at radius 2 is 1.52 bits per heavy atom. The number of methoxy groups -OCH3 is 1. The van der Waals surface area contributed by atoms with E-state index in [-0.39, 0.29) is 40.8 Å². The van der Waals surface area contributed by atoms with Crippen molar-refractivity contribution in [2.75, 3.05) is 7.11 Å². The number of hydrogen-bond acceptors (Lipinski definition) is 5. The summed E-state index contributed by atoms with van der Waals surface area (Å²) >= 11 is 3.31. The van der Waals surface area contributed by atoms with E-state index in [4.69, 9.17) is 5.73 Å². The molecule has 0 aliphatic carbocycles. The van der Waals surface area contributed by atoms with Gasteiger partial charge in [-0.05, 0) is 65.7 Å². The zero-order chi connectivity index (χ0) is 34.6. The molecule has 5 rings (SSSR count). The molecule has 0 spiro atoms. The highest BCUT2D eigenvalue weighted by Crippen LogP contribution is 2.38. The lowest BCUT2D eigenvalue weighted by Crippen LogP contribution is -2.07. The van der Waals surface area contributed by atoms with Gasteiger partial charge in [-0.1, -0.05) is 58.2 Å². The van der Waals surface area contributed by atoms with Crippen LogP contribution in [0.25, 0.3) is 34.2 Å². The highest BCUT2D eigenvalue weighted by atomic mass is 79.9. The smallest absolute Gasteiger partial charge is 0.416 e. The first-order valence-corrected chi connectivity index (χ1v) is 14.6. The van der Waals surface area contributed by atoms with Crippen molar-refractivity contribution in [1.82, 2.24) is 14.8 Å². The number of aromatic nitrogens is 3. The fourth-order valence-corrected chi connectivity index (χ4v) is 4.69. The number of carbonyl (C=O) groups is 1. The number of alkyl halides is 6. The summed E-state index contributed by atoms with van der Waals surface area (Å²) in [6.45, 7) is 0. The van der Waals surface area contributed by atoms with E-state index in [2.05, 4.69) is 40.7 Å². The lowest BCUT2D eigenvalue weighted by molar-refractivity contribution is -0.140. The molecule has 0 fully saturated rings. The van der Waals surface area contributed by atoms with Gasteiger partial charge < -0.3 is 15.5 Å². The molecule has 1 heterocycles. The SMILES string of the molecule is COC(=O)Cc1ccc(-c2nc(-c3cc(C(F)(F)F)ccc3N=CN=C([NH-])c3ccc(Br)cc3)n(-c3ccc(C(F)(F)F)cc3)n2)cc1. The van der Waals surface area contributed by atoms with Gasteiger partial charge in [0.25, 0.3) is 0 Å².